The zero-order valence-corrected chi connectivity index (χ0v) is 9.91. The van der Waals surface area contributed by atoms with Crippen molar-refractivity contribution in [3.05, 3.63) is 0 Å². The molecule has 0 aromatic rings. The molecule has 2 bridgehead atoms. The molecule has 3 aliphatic heterocycles. The fraction of sp³-hybridized carbons (Fsp3) is 1.00. The first-order chi connectivity index (χ1) is 7.35. The van der Waals surface area contributed by atoms with E-state index < -0.39 is 0 Å². The molecule has 3 saturated heterocycles. The fourth-order valence-corrected chi connectivity index (χ4v) is 3.88. The average Bonchev–Trinajstić information content (AvgIpc) is 2.92. The van der Waals surface area contributed by atoms with E-state index in [0.29, 0.717) is 0 Å². The van der Waals surface area contributed by atoms with Crippen LogP contribution < -0.4 is 5.32 Å². The van der Waals surface area contributed by atoms with E-state index in [1.165, 1.54) is 51.7 Å². The molecule has 15 heavy (non-hydrogen) atoms. The minimum atomic E-state index is 0.871. The van der Waals surface area contributed by atoms with Crippen molar-refractivity contribution in [1.29, 1.82) is 0 Å². The van der Waals surface area contributed by atoms with Crippen molar-refractivity contribution in [2.24, 2.45) is 11.8 Å². The van der Waals surface area contributed by atoms with Crippen LogP contribution in [0.25, 0.3) is 0 Å². The molecule has 0 amide bonds. The Morgan fingerprint density at radius 1 is 1.27 bits per heavy atom. The molecule has 0 aromatic carbocycles. The van der Waals surface area contributed by atoms with Gasteiger partial charge in [0.2, 0.25) is 0 Å². The third-order valence-electron chi connectivity index (χ3n) is 4.87. The van der Waals surface area contributed by atoms with E-state index in [2.05, 4.69) is 17.1 Å². The lowest BCUT2D eigenvalue weighted by Crippen LogP contribution is -2.34. The number of nitrogens with one attached hydrogen (secondary N) is 1. The Bertz CT molecular complexity index is 229. The molecule has 2 nitrogen and oxygen atoms in total. The van der Waals surface area contributed by atoms with E-state index in [9.17, 15) is 0 Å². The zero-order valence-electron chi connectivity index (χ0n) is 9.91. The maximum atomic E-state index is 3.75. The maximum Gasteiger partial charge on any atom is 0.0111 e. The molecule has 3 aliphatic rings. The molecule has 0 aliphatic carbocycles. The van der Waals surface area contributed by atoms with Crippen molar-refractivity contribution in [3.8, 4) is 0 Å². The van der Waals surface area contributed by atoms with Crippen molar-refractivity contribution < 1.29 is 0 Å². The molecule has 0 saturated carbocycles. The monoisotopic (exact) mass is 208 g/mol. The van der Waals surface area contributed by atoms with Crippen LogP contribution in [0.2, 0.25) is 0 Å². The molecule has 0 radical (unpaired) electrons. The van der Waals surface area contributed by atoms with Crippen LogP contribution in [0.3, 0.4) is 0 Å². The molecule has 1 N–H and O–H groups in total. The van der Waals surface area contributed by atoms with Gasteiger partial charge >= 0.3 is 0 Å². The molecule has 0 aromatic heterocycles. The summed E-state index contributed by atoms with van der Waals surface area (Å²) in [6.45, 7) is 6.47. The Labute approximate surface area is 93.4 Å². The molecule has 0 spiro atoms. The second-order valence-corrected chi connectivity index (χ2v) is 5.87. The van der Waals surface area contributed by atoms with Crippen LogP contribution in [-0.2, 0) is 0 Å². The average molecular weight is 208 g/mol. The Morgan fingerprint density at radius 3 is 2.80 bits per heavy atom. The van der Waals surface area contributed by atoms with Crippen LogP contribution in [0.5, 0.6) is 0 Å². The summed E-state index contributed by atoms with van der Waals surface area (Å²) in [6.07, 6.45) is 7.17. The number of hydrogen-bond acceptors (Lipinski definition) is 2. The van der Waals surface area contributed by atoms with Gasteiger partial charge < -0.3 is 10.2 Å². The summed E-state index contributed by atoms with van der Waals surface area (Å²) >= 11 is 0. The van der Waals surface area contributed by atoms with E-state index in [4.69, 9.17) is 0 Å². The summed E-state index contributed by atoms with van der Waals surface area (Å²) in [5.41, 5.74) is 0. The van der Waals surface area contributed by atoms with Gasteiger partial charge in [-0.05, 0) is 44.1 Å². The Balaban J connectivity index is 1.50. The van der Waals surface area contributed by atoms with Gasteiger partial charge in [0.15, 0.2) is 0 Å². The molecule has 4 atom stereocenters. The van der Waals surface area contributed by atoms with E-state index >= 15 is 0 Å². The highest BCUT2D eigenvalue weighted by molar-refractivity contribution is 4.98. The van der Waals surface area contributed by atoms with Crippen LogP contribution in [-0.4, -0.2) is 36.6 Å². The molecular formula is C13H24N2. The summed E-state index contributed by atoms with van der Waals surface area (Å²) in [7, 11) is 0. The van der Waals surface area contributed by atoms with Gasteiger partial charge in [-0.3, -0.25) is 0 Å². The van der Waals surface area contributed by atoms with Crippen LogP contribution >= 0.6 is 0 Å². The number of rotatable bonds is 3. The van der Waals surface area contributed by atoms with Crippen LogP contribution in [0.15, 0.2) is 0 Å². The highest BCUT2D eigenvalue weighted by atomic mass is 15.2. The van der Waals surface area contributed by atoms with Crippen molar-refractivity contribution in [3.63, 3.8) is 0 Å². The van der Waals surface area contributed by atoms with Gasteiger partial charge in [-0.2, -0.15) is 0 Å². The highest BCUT2D eigenvalue weighted by Crippen LogP contribution is 2.34. The number of hydrogen-bond donors (Lipinski definition) is 1. The molecule has 3 rings (SSSR count). The van der Waals surface area contributed by atoms with Gasteiger partial charge in [0.1, 0.15) is 0 Å². The quantitative estimate of drug-likeness (QED) is 0.761. The van der Waals surface area contributed by atoms with Gasteiger partial charge in [-0.1, -0.05) is 13.3 Å². The van der Waals surface area contributed by atoms with Crippen LogP contribution in [0.4, 0.5) is 0 Å². The number of fused-ring (bicyclic) bond motifs is 2. The van der Waals surface area contributed by atoms with Crippen molar-refractivity contribution in [1.82, 2.24) is 10.2 Å². The predicted molar refractivity (Wildman–Crippen MR) is 62.9 cm³/mol. The predicted octanol–water partition coefficient (Wildman–Crippen LogP) is 1.86. The maximum absolute atomic E-state index is 3.75. The summed E-state index contributed by atoms with van der Waals surface area (Å²) in [5.74, 6) is 1.97. The van der Waals surface area contributed by atoms with Gasteiger partial charge in [-0.25, -0.2) is 0 Å². The summed E-state index contributed by atoms with van der Waals surface area (Å²) in [6, 6.07) is 1.75. The molecule has 86 valence electrons. The molecule has 2 heteroatoms. The third-order valence-corrected chi connectivity index (χ3v) is 4.87. The van der Waals surface area contributed by atoms with Gasteiger partial charge in [0.05, 0.1) is 0 Å². The van der Waals surface area contributed by atoms with Crippen LogP contribution in [0.1, 0.15) is 39.0 Å². The second-order valence-electron chi connectivity index (χ2n) is 5.87. The molecule has 3 heterocycles. The highest BCUT2D eigenvalue weighted by Gasteiger charge is 2.40. The third kappa shape index (κ3) is 1.94. The lowest BCUT2D eigenvalue weighted by molar-refractivity contribution is 0.242. The molecular weight excluding hydrogens is 184 g/mol. The minimum Gasteiger partial charge on any atom is -0.311 e. The standard InChI is InChI=1S/C13H24N2/c1-2-10-5-6-15(8-10)9-11-7-12-3-4-13(11)14-12/h10-14H,2-9H2,1H3. The zero-order chi connectivity index (χ0) is 10.3. The first-order valence-corrected chi connectivity index (χ1v) is 6.83. The number of nitrogens with zero attached hydrogens (tertiary/aromatic N) is 1. The van der Waals surface area contributed by atoms with E-state index in [-0.39, 0.29) is 0 Å². The Hall–Kier alpha value is -0.0800. The summed E-state index contributed by atoms with van der Waals surface area (Å²) in [5, 5.41) is 3.75. The summed E-state index contributed by atoms with van der Waals surface area (Å²) < 4.78 is 0. The first-order valence-electron chi connectivity index (χ1n) is 6.83. The Kier molecular flexibility index (Phi) is 2.73. The largest absolute Gasteiger partial charge is 0.311 e. The van der Waals surface area contributed by atoms with E-state index in [1.54, 1.807) is 0 Å². The summed E-state index contributed by atoms with van der Waals surface area (Å²) in [4.78, 5) is 2.72. The van der Waals surface area contributed by atoms with Crippen LogP contribution in [0, 0.1) is 11.8 Å². The van der Waals surface area contributed by atoms with Crippen molar-refractivity contribution >= 4 is 0 Å². The van der Waals surface area contributed by atoms with Gasteiger partial charge in [-0.15, -0.1) is 0 Å². The smallest absolute Gasteiger partial charge is 0.0111 e. The topological polar surface area (TPSA) is 15.3 Å². The second kappa shape index (κ2) is 4.06. The van der Waals surface area contributed by atoms with E-state index in [1.807, 2.05) is 0 Å². The van der Waals surface area contributed by atoms with E-state index in [0.717, 1.165) is 23.9 Å². The normalized spacial score (nSPS) is 45.4. The first kappa shape index (κ1) is 10.1. The SMILES string of the molecule is CCC1CCN(CC2CC3CCC2N3)C1. The minimum absolute atomic E-state index is 0.871. The van der Waals surface area contributed by atoms with Crippen molar-refractivity contribution in [2.45, 2.75) is 51.1 Å². The fourth-order valence-electron chi connectivity index (χ4n) is 3.88. The van der Waals surface area contributed by atoms with Crippen molar-refractivity contribution in [2.75, 3.05) is 19.6 Å². The lowest BCUT2D eigenvalue weighted by atomic mass is 9.89. The van der Waals surface area contributed by atoms with Gasteiger partial charge in [0, 0.05) is 25.2 Å². The lowest BCUT2D eigenvalue weighted by Gasteiger charge is -2.25. The Morgan fingerprint density at radius 2 is 2.20 bits per heavy atom. The van der Waals surface area contributed by atoms with Gasteiger partial charge in [0.25, 0.3) is 0 Å². The number of likely N-dealkylation sites (tertiary alicyclic amines) is 1. The molecule has 4 unspecified atom stereocenters. The molecule has 3 fully saturated rings.